The summed E-state index contributed by atoms with van der Waals surface area (Å²) >= 11 is 0. The maximum absolute atomic E-state index is 15.3. The van der Waals surface area contributed by atoms with Crippen LogP contribution in [0.2, 0.25) is 0 Å². The lowest BCUT2D eigenvalue weighted by molar-refractivity contribution is 0.0695. The summed E-state index contributed by atoms with van der Waals surface area (Å²) < 4.78 is 31.1. The highest BCUT2D eigenvalue weighted by Crippen LogP contribution is 2.53. The molecular weight excluding hydrogens is 344 g/mol. The van der Waals surface area contributed by atoms with Crippen molar-refractivity contribution in [1.82, 2.24) is 4.57 Å². The van der Waals surface area contributed by atoms with Crippen molar-refractivity contribution in [1.29, 1.82) is 0 Å². The molecule has 1 aliphatic carbocycles. The van der Waals surface area contributed by atoms with Crippen molar-refractivity contribution in [2.24, 2.45) is 11.1 Å². The summed E-state index contributed by atoms with van der Waals surface area (Å²) in [4.78, 5) is 25.2. The van der Waals surface area contributed by atoms with Crippen molar-refractivity contribution < 1.29 is 18.7 Å². The van der Waals surface area contributed by atoms with Gasteiger partial charge in [-0.3, -0.25) is 4.79 Å². The molecule has 1 aliphatic heterocycles. The third kappa shape index (κ3) is 2.18. The highest BCUT2D eigenvalue weighted by atomic mass is 19.1. The molecule has 1 unspecified atom stereocenters. The standard InChI is InChI=1S/C18H17F2N3O3/c1-2-22-6-10(17(25)26)16(24)9-5-11(19)15(13(20)14(9)22)23-7-12(21)18(8-23)3-4-18/h2,5-6,12H,1,3-4,7-8,21H2,(H,25,26). The van der Waals surface area contributed by atoms with Crippen LogP contribution < -0.4 is 16.1 Å². The van der Waals surface area contributed by atoms with Gasteiger partial charge in [-0.2, -0.15) is 0 Å². The molecule has 1 aromatic carbocycles. The number of carbonyl (C=O) groups is 1. The van der Waals surface area contributed by atoms with E-state index in [1.54, 1.807) is 4.90 Å². The number of aromatic carboxylic acids is 1. The number of aromatic nitrogens is 1. The van der Waals surface area contributed by atoms with Crippen molar-refractivity contribution >= 4 is 28.8 Å². The van der Waals surface area contributed by atoms with Gasteiger partial charge in [0.2, 0.25) is 5.43 Å². The third-order valence-electron chi connectivity index (χ3n) is 5.53. The lowest BCUT2D eigenvalue weighted by Gasteiger charge is -2.21. The molecule has 2 fully saturated rings. The molecule has 1 spiro atoms. The molecule has 2 aliphatic rings. The molecule has 1 saturated heterocycles. The van der Waals surface area contributed by atoms with Gasteiger partial charge in [-0.1, -0.05) is 6.58 Å². The summed E-state index contributed by atoms with van der Waals surface area (Å²) in [5, 5.41) is 8.81. The highest BCUT2D eigenvalue weighted by Gasteiger charge is 2.54. The minimum atomic E-state index is -1.47. The van der Waals surface area contributed by atoms with E-state index >= 15 is 4.39 Å². The number of benzene rings is 1. The minimum Gasteiger partial charge on any atom is -0.477 e. The van der Waals surface area contributed by atoms with Gasteiger partial charge in [0.25, 0.3) is 0 Å². The van der Waals surface area contributed by atoms with Gasteiger partial charge in [-0.25, -0.2) is 13.6 Å². The molecule has 1 aromatic heterocycles. The molecule has 4 rings (SSSR count). The first-order valence-corrected chi connectivity index (χ1v) is 8.22. The lowest BCUT2D eigenvalue weighted by atomic mass is 10.0. The van der Waals surface area contributed by atoms with Gasteiger partial charge in [0.15, 0.2) is 5.82 Å². The monoisotopic (exact) mass is 361 g/mol. The van der Waals surface area contributed by atoms with Crippen LogP contribution in [0.1, 0.15) is 23.2 Å². The summed E-state index contributed by atoms with van der Waals surface area (Å²) in [6.07, 6.45) is 4.03. The van der Waals surface area contributed by atoms with E-state index in [0.29, 0.717) is 13.1 Å². The van der Waals surface area contributed by atoms with Gasteiger partial charge in [-0.15, -0.1) is 0 Å². The molecule has 0 radical (unpaired) electrons. The van der Waals surface area contributed by atoms with Crippen molar-refractivity contribution in [3.63, 3.8) is 0 Å². The second kappa shape index (κ2) is 5.38. The van der Waals surface area contributed by atoms with Crippen LogP contribution in [0.5, 0.6) is 0 Å². The van der Waals surface area contributed by atoms with Crippen LogP contribution in [-0.4, -0.2) is 34.8 Å². The third-order valence-corrected chi connectivity index (χ3v) is 5.53. The summed E-state index contributed by atoms with van der Waals surface area (Å²) in [7, 11) is 0. The Hall–Kier alpha value is -2.74. The SMILES string of the molecule is C=Cn1cc(C(=O)O)c(=O)c2cc(F)c(N3CC(N)C4(CC4)C3)c(F)c21. The molecule has 8 heteroatoms. The first-order chi connectivity index (χ1) is 12.3. The van der Waals surface area contributed by atoms with Gasteiger partial charge < -0.3 is 20.3 Å². The Labute approximate surface area is 147 Å². The van der Waals surface area contributed by atoms with E-state index in [0.717, 1.165) is 29.7 Å². The number of anilines is 1. The normalized spacial score (nSPS) is 20.7. The first-order valence-electron chi connectivity index (χ1n) is 8.22. The average molecular weight is 361 g/mol. The predicted octanol–water partition coefficient (Wildman–Crippen LogP) is 2.01. The lowest BCUT2D eigenvalue weighted by Crippen LogP contribution is -2.30. The molecule has 0 bridgehead atoms. The number of hydrogen-bond donors (Lipinski definition) is 2. The van der Waals surface area contributed by atoms with Gasteiger partial charge in [0, 0.05) is 36.9 Å². The molecule has 0 amide bonds. The number of carboxylic acids is 1. The molecule has 2 aromatic rings. The van der Waals surface area contributed by atoms with Crippen LogP contribution in [0.25, 0.3) is 17.1 Å². The van der Waals surface area contributed by atoms with Crippen molar-refractivity contribution in [2.75, 3.05) is 18.0 Å². The van der Waals surface area contributed by atoms with Crippen LogP contribution in [-0.2, 0) is 0 Å². The maximum atomic E-state index is 15.3. The predicted molar refractivity (Wildman–Crippen MR) is 93.3 cm³/mol. The number of nitrogens with two attached hydrogens (primary N) is 1. The maximum Gasteiger partial charge on any atom is 0.341 e. The van der Waals surface area contributed by atoms with Gasteiger partial charge >= 0.3 is 5.97 Å². The average Bonchev–Trinajstić information content (AvgIpc) is 3.28. The Morgan fingerprint density at radius 1 is 1.42 bits per heavy atom. The second-order valence-electron chi connectivity index (χ2n) is 7.03. The summed E-state index contributed by atoms with van der Waals surface area (Å²) in [5.74, 6) is -3.30. The van der Waals surface area contributed by atoms with E-state index in [1.807, 2.05) is 0 Å². The fraction of sp³-hybridized carbons (Fsp3) is 0.333. The van der Waals surface area contributed by atoms with E-state index in [9.17, 15) is 14.0 Å². The van der Waals surface area contributed by atoms with E-state index in [-0.39, 0.29) is 28.0 Å². The number of rotatable bonds is 3. The Balaban J connectivity index is 1.97. The number of pyridine rings is 1. The van der Waals surface area contributed by atoms with Crippen LogP contribution in [0, 0.1) is 17.0 Å². The minimum absolute atomic E-state index is 0.0842. The summed E-state index contributed by atoms with van der Waals surface area (Å²) in [6, 6.07) is 0.735. The van der Waals surface area contributed by atoms with E-state index in [4.69, 9.17) is 10.8 Å². The van der Waals surface area contributed by atoms with E-state index < -0.39 is 28.6 Å². The number of fused-ring (bicyclic) bond motifs is 1. The smallest absolute Gasteiger partial charge is 0.341 e. The largest absolute Gasteiger partial charge is 0.477 e. The zero-order valence-corrected chi connectivity index (χ0v) is 13.8. The quantitative estimate of drug-likeness (QED) is 0.873. The van der Waals surface area contributed by atoms with E-state index in [1.165, 1.54) is 6.20 Å². The van der Waals surface area contributed by atoms with Gasteiger partial charge in [0.05, 0.1) is 10.9 Å². The Kier molecular flexibility index (Phi) is 3.46. The Morgan fingerprint density at radius 2 is 2.12 bits per heavy atom. The molecular formula is C18H17F2N3O3. The summed E-state index contributed by atoms with van der Waals surface area (Å²) in [6.45, 7) is 4.30. The van der Waals surface area contributed by atoms with Crippen LogP contribution in [0.4, 0.5) is 14.5 Å². The molecule has 136 valence electrons. The number of halogens is 2. The molecule has 2 heterocycles. The molecule has 6 nitrogen and oxygen atoms in total. The zero-order valence-electron chi connectivity index (χ0n) is 13.8. The summed E-state index contributed by atoms with van der Waals surface area (Å²) in [5.41, 5.74) is 4.09. The fourth-order valence-electron chi connectivity index (χ4n) is 3.87. The van der Waals surface area contributed by atoms with Crippen molar-refractivity contribution in [3.8, 4) is 0 Å². The number of nitrogens with zero attached hydrogens (tertiary/aromatic N) is 2. The van der Waals surface area contributed by atoms with Crippen LogP contribution >= 0.6 is 0 Å². The zero-order chi connectivity index (χ0) is 18.8. The number of hydrogen-bond acceptors (Lipinski definition) is 4. The molecule has 1 atom stereocenters. The van der Waals surface area contributed by atoms with E-state index in [2.05, 4.69) is 6.58 Å². The van der Waals surface area contributed by atoms with Crippen molar-refractivity contribution in [3.05, 3.63) is 46.3 Å². The van der Waals surface area contributed by atoms with Crippen LogP contribution in [0.15, 0.2) is 23.6 Å². The molecule has 1 saturated carbocycles. The second-order valence-corrected chi connectivity index (χ2v) is 7.03. The van der Waals surface area contributed by atoms with Crippen molar-refractivity contribution in [2.45, 2.75) is 18.9 Å². The highest BCUT2D eigenvalue weighted by molar-refractivity contribution is 5.94. The molecule has 3 N–H and O–H groups in total. The first kappa shape index (κ1) is 16.7. The van der Waals surface area contributed by atoms with Gasteiger partial charge in [-0.05, 0) is 18.9 Å². The molecule has 26 heavy (non-hydrogen) atoms. The Bertz CT molecular complexity index is 1030. The fourth-order valence-corrected chi connectivity index (χ4v) is 3.87. The topological polar surface area (TPSA) is 88.6 Å². The Morgan fingerprint density at radius 3 is 2.65 bits per heavy atom. The van der Waals surface area contributed by atoms with Crippen LogP contribution in [0.3, 0.4) is 0 Å². The number of carboxylic acid groups (broad SMARTS) is 1. The van der Waals surface area contributed by atoms with Gasteiger partial charge in [0.1, 0.15) is 17.1 Å².